The fraction of sp³-hybridized carbons (Fsp3) is 1.00. The van der Waals surface area contributed by atoms with Crippen LogP contribution in [-0.4, -0.2) is 37.1 Å². The van der Waals surface area contributed by atoms with Crippen molar-refractivity contribution in [1.82, 2.24) is 10.2 Å². The van der Waals surface area contributed by atoms with E-state index >= 15 is 0 Å². The molecule has 0 aromatic heterocycles. The summed E-state index contributed by atoms with van der Waals surface area (Å²) in [5, 5.41) is 3.50. The SMILES string of the molecule is CCCN(CC1CCNCC1)C1CCCC(C)CC1. The standard InChI is InChI=1S/C17H34N2/c1-3-13-19(14-16-9-11-18-12-10-16)17-6-4-5-15(2)7-8-17/h15-18H,3-14H2,1-2H3. The van der Waals surface area contributed by atoms with Crippen LogP contribution in [0.15, 0.2) is 0 Å². The largest absolute Gasteiger partial charge is 0.317 e. The second-order valence-corrected chi connectivity index (χ2v) is 6.96. The molecule has 2 unspecified atom stereocenters. The summed E-state index contributed by atoms with van der Waals surface area (Å²) < 4.78 is 0. The molecule has 1 saturated carbocycles. The van der Waals surface area contributed by atoms with Gasteiger partial charge in [-0.1, -0.05) is 26.7 Å². The van der Waals surface area contributed by atoms with Gasteiger partial charge in [0.05, 0.1) is 0 Å². The third-order valence-electron chi connectivity index (χ3n) is 5.21. The molecule has 1 heterocycles. The Labute approximate surface area is 120 Å². The third kappa shape index (κ3) is 5.07. The molecule has 0 bridgehead atoms. The molecule has 0 aromatic carbocycles. The van der Waals surface area contributed by atoms with Crippen LogP contribution >= 0.6 is 0 Å². The Kier molecular flexibility index (Phi) is 6.66. The van der Waals surface area contributed by atoms with E-state index in [9.17, 15) is 0 Å². The average molecular weight is 266 g/mol. The van der Waals surface area contributed by atoms with E-state index in [0.29, 0.717) is 0 Å². The van der Waals surface area contributed by atoms with Crippen molar-refractivity contribution >= 4 is 0 Å². The maximum Gasteiger partial charge on any atom is 0.00954 e. The predicted molar refractivity (Wildman–Crippen MR) is 83.5 cm³/mol. The number of hydrogen-bond acceptors (Lipinski definition) is 2. The molecule has 0 radical (unpaired) electrons. The van der Waals surface area contributed by atoms with Crippen molar-refractivity contribution in [3.8, 4) is 0 Å². The highest BCUT2D eigenvalue weighted by molar-refractivity contribution is 4.80. The van der Waals surface area contributed by atoms with E-state index in [1.807, 2.05) is 0 Å². The normalized spacial score (nSPS) is 30.5. The lowest BCUT2D eigenvalue weighted by atomic mass is 9.95. The van der Waals surface area contributed by atoms with Gasteiger partial charge in [0.25, 0.3) is 0 Å². The van der Waals surface area contributed by atoms with Gasteiger partial charge in [-0.05, 0) is 70.0 Å². The Hall–Kier alpha value is -0.0800. The molecule has 19 heavy (non-hydrogen) atoms. The molecule has 112 valence electrons. The van der Waals surface area contributed by atoms with Gasteiger partial charge in [-0.2, -0.15) is 0 Å². The molecule has 2 atom stereocenters. The first kappa shape index (κ1) is 15.3. The van der Waals surface area contributed by atoms with Crippen LogP contribution in [0.2, 0.25) is 0 Å². The Balaban J connectivity index is 1.86. The zero-order valence-electron chi connectivity index (χ0n) is 13.2. The quantitative estimate of drug-likeness (QED) is 0.764. The predicted octanol–water partition coefficient (Wildman–Crippen LogP) is 3.67. The zero-order valence-corrected chi connectivity index (χ0v) is 13.2. The van der Waals surface area contributed by atoms with E-state index < -0.39 is 0 Å². The second kappa shape index (κ2) is 8.26. The van der Waals surface area contributed by atoms with Crippen LogP contribution in [0, 0.1) is 11.8 Å². The summed E-state index contributed by atoms with van der Waals surface area (Å²) >= 11 is 0. The summed E-state index contributed by atoms with van der Waals surface area (Å²) in [5.74, 6) is 1.92. The van der Waals surface area contributed by atoms with Gasteiger partial charge in [-0.3, -0.25) is 0 Å². The molecular weight excluding hydrogens is 232 g/mol. The summed E-state index contributed by atoms with van der Waals surface area (Å²) in [4.78, 5) is 2.86. The lowest BCUT2D eigenvalue weighted by molar-refractivity contribution is 0.138. The Morgan fingerprint density at radius 2 is 1.79 bits per heavy atom. The van der Waals surface area contributed by atoms with Crippen LogP contribution in [0.5, 0.6) is 0 Å². The minimum Gasteiger partial charge on any atom is -0.317 e. The van der Waals surface area contributed by atoms with Gasteiger partial charge in [0, 0.05) is 12.6 Å². The third-order valence-corrected chi connectivity index (χ3v) is 5.21. The summed E-state index contributed by atoms with van der Waals surface area (Å²) in [6, 6.07) is 0.889. The lowest BCUT2D eigenvalue weighted by Crippen LogP contribution is -2.42. The number of nitrogens with zero attached hydrogens (tertiary/aromatic N) is 1. The van der Waals surface area contributed by atoms with Gasteiger partial charge in [-0.25, -0.2) is 0 Å². The topological polar surface area (TPSA) is 15.3 Å². The van der Waals surface area contributed by atoms with Crippen molar-refractivity contribution in [2.24, 2.45) is 11.8 Å². The lowest BCUT2D eigenvalue weighted by Gasteiger charge is -2.35. The summed E-state index contributed by atoms with van der Waals surface area (Å²) in [6.07, 6.45) is 11.4. The first-order valence-corrected chi connectivity index (χ1v) is 8.74. The minimum absolute atomic E-state index is 0.889. The van der Waals surface area contributed by atoms with Crippen molar-refractivity contribution < 1.29 is 0 Å². The van der Waals surface area contributed by atoms with Crippen molar-refractivity contribution in [2.75, 3.05) is 26.2 Å². The van der Waals surface area contributed by atoms with E-state index in [2.05, 4.69) is 24.1 Å². The van der Waals surface area contributed by atoms with Gasteiger partial charge in [0.2, 0.25) is 0 Å². The van der Waals surface area contributed by atoms with Gasteiger partial charge >= 0.3 is 0 Å². The summed E-state index contributed by atoms with van der Waals surface area (Å²) in [5.41, 5.74) is 0. The van der Waals surface area contributed by atoms with Crippen molar-refractivity contribution in [3.63, 3.8) is 0 Å². The van der Waals surface area contributed by atoms with Gasteiger partial charge < -0.3 is 10.2 Å². The van der Waals surface area contributed by atoms with E-state index in [-0.39, 0.29) is 0 Å². The van der Waals surface area contributed by atoms with Crippen LogP contribution in [0.25, 0.3) is 0 Å². The molecule has 0 amide bonds. The molecule has 2 nitrogen and oxygen atoms in total. The van der Waals surface area contributed by atoms with E-state index in [1.54, 1.807) is 0 Å². The van der Waals surface area contributed by atoms with Crippen LogP contribution in [-0.2, 0) is 0 Å². The first-order valence-electron chi connectivity index (χ1n) is 8.74. The average Bonchev–Trinajstić information content (AvgIpc) is 2.64. The van der Waals surface area contributed by atoms with Crippen LogP contribution in [0.4, 0.5) is 0 Å². The van der Waals surface area contributed by atoms with Gasteiger partial charge in [0.15, 0.2) is 0 Å². The maximum absolute atomic E-state index is 3.50. The summed E-state index contributed by atoms with van der Waals surface area (Å²) in [7, 11) is 0. The van der Waals surface area contributed by atoms with Crippen LogP contribution in [0.3, 0.4) is 0 Å². The number of hydrogen-bond donors (Lipinski definition) is 1. The Bertz CT molecular complexity index is 235. The fourth-order valence-electron chi connectivity index (χ4n) is 3.94. The van der Waals surface area contributed by atoms with Gasteiger partial charge in [-0.15, -0.1) is 0 Å². The molecule has 1 aliphatic heterocycles. The molecule has 1 aliphatic carbocycles. The van der Waals surface area contributed by atoms with E-state index in [4.69, 9.17) is 0 Å². The van der Waals surface area contributed by atoms with Crippen molar-refractivity contribution in [2.45, 2.75) is 71.3 Å². The molecule has 1 saturated heterocycles. The maximum atomic E-state index is 3.50. The molecule has 0 aromatic rings. The molecule has 2 fully saturated rings. The van der Waals surface area contributed by atoms with Crippen molar-refractivity contribution in [1.29, 1.82) is 0 Å². The molecule has 2 aliphatic rings. The number of piperidine rings is 1. The smallest absolute Gasteiger partial charge is 0.00954 e. The minimum atomic E-state index is 0.889. The van der Waals surface area contributed by atoms with Crippen molar-refractivity contribution in [3.05, 3.63) is 0 Å². The van der Waals surface area contributed by atoms with E-state index in [0.717, 1.165) is 17.9 Å². The highest BCUT2D eigenvalue weighted by Crippen LogP contribution is 2.27. The first-order chi connectivity index (χ1) is 9.29. The van der Waals surface area contributed by atoms with Gasteiger partial charge in [0.1, 0.15) is 0 Å². The zero-order chi connectivity index (χ0) is 13.5. The van der Waals surface area contributed by atoms with Crippen LogP contribution in [0.1, 0.15) is 65.2 Å². The Morgan fingerprint density at radius 1 is 1.00 bits per heavy atom. The van der Waals surface area contributed by atoms with Crippen LogP contribution < -0.4 is 5.32 Å². The molecule has 2 rings (SSSR count). The number of nitrogens with one attached hydrogen (secondary N) is 1. The molecule has 0 spiro atoms. The highest BCUT2D eigenvalue weighted by atomic mass is 15.2. The highest BCUT2D eigenvalue weighted by Gasteiger charge is 2.24. The van der Waals surface area contributed by atoms with E-state index in [1.165, 1.54) is 77.5 Å². The number of rotatable bonds is 5. The second-order valence-electron chi connectivity index (χ2n) is 6.96. The fourth-order valence-corrected chi connectivity index (χ4v) is 3.94. The monoisotopic (exact) mass is 266 g/mol. The Morgan fingerprint density at radius 3 is 2.53 bits per heavy atom. The molecular formula is C17H34N2. The molecule has 1 N–H and O–H groups in total. The summed E-state index contributed by atoms with van der Waals surface area (Å²) in [6.45, 7) is 9.96. The molecule has 2 heteroatoms.